The number of benzene rings is 1. The fourth-order valence-electron chi connectivity index (χ4n) is 1.23. The van der Waals surface area contributed by atoms with Crippen molar-refractivity contribution in [1.29, 1.82) is 0 Å². The molecule has 0 saturated carbocycles. The molecule has 1 aromatic rings. The van der Waals surface area contributed by atoms with Crippen LogP contribution >= 0.6 is 0 Å². The number of allylic oxidation sites excluding steroid dienone is 2. The van der Waals surface area contributed by atoms with Gasteiger partial charge in [0, 0.05) is 12.2 Å². The van der Waals surface area contributed by atoms with Gasteiger partial charge in [-0.1, -0.05) is 24.3 Å². The van der Waals surface area contributed by atoms with E-state index in [2.05, 4.69) is 11.9 Å². The molecule has 0 radical (unpaired) electrons. The van der Waals surface area contributed by atoms with Gasteiger partial charge in [0.15, 0.2) is 0 Å². The van der Waals surface area contributed by atoms with Gasteiger partial charge in [0.05, 0.1) is 5.56 Å². The molecule has 3 nitrogen and oxygen atoms in total. The Kier molecular flexibility index (Phi) is 4.33. The summed E-state index contributed by atoms with van der Waals surface area (Å²) in [4.78, 5) is 10.6. The fraction of sp³-hybridized carbons (Fsp3) is 0.154. The molecule has 0 unspecified atom stereocenters. The van der Waals surface area contributed by atoms with E-state index < -0.39 is 5.97 Å². The Bertz CT molecular complexity index is 404. The van der Waals surface area contributed by atoms with E-state index >= 15 is 0 Å². The lowest BCUT2D eigenvalue weighted by Crippen LogP contribution is -2.03. The van der Waals surface area contributed by atoms with Crippen molar-refractivity contribution in [3.8, 4) is 0 Å². The van der Waals surface area contributed by atoms with Crippen LogP contribution in [0.15, 0.2) is 48.6 Å². The lowest BCUT2D eigenvalue weighted by atomic mass is 10.2. The number of hydrogen-bond donors (Lipinski definition) is 2. The summed E-state index contributed by atoms with van der Waals surface area (Å²) < 4.78 is 0. The number of carboxylic acids is 1. The van der Waals surface area contributed by atoms with Crippen LogP contribution in [-0.2, 0) is 0 Å². The van der Waals surface area contributed by atoms with Gasteiger partial charge < -0.3 is 10.4 Å². The third-order valence-electron chi connectivity index (χ3n) is 2.11. The SMILES string of the molecule is C=C/C=C(\C)CNc1ccc(C(=O)O)cc1. The van der Waals surface area contributed by atoms with E-state index in [1.807, 2.05) is 13.0 Å². The van der Waals surface area contributed by atoms with Crippen LogP contribution in [-0.4, -0.2) is 17.6 Å². The van der Waals surface area contributed by atoms with Crippen LogP contribution in [0, 0.1) is 0 Å². The minimum Gasteiger partial charge on any atom is -0.478 e. The summed E-state index contributed by atoms with van der Waals surface area (Å²) in [7, 11) is 0. The molecule has 0 aliphatic heterocycles. The number of carbonyl (C=O) groups is 1. The quantitative estimate of drug-likeness (QED) is 0.745. The average Bonchev–Trinajstić information content (AvgIpc) is 2.27. The lowest BCUT2D eigenvalue weighted by molar-refractivity contribution is 0.0697. The molecule has 0 spiro atoms. The zero-order chi connectivity index (χ0) is 12.0. The predicted molar refractivity (Wildman–Crippen MR) is 65.8 cm³/mol. The van der Waals surface area contributed by atoms with Gasteiger partial charge in [-0.15, -0.1) is 0 Å². The smallest absolute Gasteiger partial charge is 0.335 e. The van der Waals surface area contributed by atoms with Crippen molar-refractivity contribution < 1.29 is 9.90 Å². The van der Waals surface area contributed by atoms with E-state index in [0.29, 0.717) is 5.56 Å². The van der Waals surface area contributed by atoms with Crippen LogP contribution < -0.4 is 5.32 Å². The first-order chi connectivity index (χ1) is 7.63. The molecule has 0 aromatic heterocycles. The van der Waals surface area contributed by atoms with Crippen LogP contribution in [0.5, 0.6) is 0 Å². The normalized spacial score (nSPS) is 10.9. The summed E-state index contributed by atoms with van der Waals surface area (Å²) in [6.07, 6.45) is 3.67. The highest BCUT2D eigenvalue weighted by atomic mass is 16.4. The summed E-state index contributed by atoms with van der Waals surface area (Å²) in [5.41, 5.74) is 2.36. The monoisotopic (exact) mass is 217 g/mol. The third kappa shape index (κ3) is 3.61. The molecule has 3 heteroatoms. The van der Waals surface area contributed by atoms with Gasteiger partial charge in [0.1, 0.15) is 0 Å². The van der Waals surface area contributed by atoms with E-state index in [9.17, 15) is 4.79 Å². The maximum absolute atomic E-state index is 10.6. The van der Waals surface area contributed by atoms with Gasteiger partial charge in [-0.2, -0.15) is 0 Å². The van der Waals surface area contributed by atoms with Crippen molar-refractivity contribution in [3.63, 3.8) is 0 Å². The molecule has 1 rings (SSSR count). The molecular weight excluding hydrogens is 202 g/mol. The highest BCUT2D eigenvalue weighted by Gasteiger charge is 2.00. The Hall–Kier alpha value is -2.03. The van der Waals surface area contributed by atoms with Crippen molar-refractivity contribution in [1.82, 2.24) is 0 Å². The average molecular weight is 217 g/mol. The number of aromatic carboxylic acids is 1. The summed E-state index contributed by atoms with van der Waals surface area (Å²) >= 11 is 0. The first kappa shape index (κ1) is 12.0. The second-order valence-electron chi connectivity index (χ2n) is 3.48. The molecule has 0 amide bonds. The Labute approximate surface area is 95.1 Å². The largest absolute Gasteiger partial charge is 0.478 e. The molecule has 0 atom stereocenters. The number of hydrogen-bond acceptors (Lipinski definition) is 2. The Balaban J connectivity index is 2.59. The van der Waals surface area contributed by atoms with Crippen molar-refractivity contribution in [2.24, 2.45) is 0 Å². The molecule has 0 bridgehead atoms. The standard InChI is InChI=1S/C13H15NO2/c1-3-4-10(2)9-14-12-7-5-11(6-8-12)13(15)16/h3-8,14H,1,9H2,2H3,(H,15,16)/b10-4+. The van der Waals surface area contributed by atoms with Gasteiger partial charge in [0.25, 0.3) is 0 Å². The molecule has 84 valence electrons. The van der Waals surface area contributed by atoms with E-state index in [1.165, 1.54) is 0 Å². The number of rotatable bonds is 5. The molecule has 0 aliphatic rings. The lowest BCUT2D eigenvalue weighted by Gasteiger charge is -2.06. The number of anilines is 1. The van der Waals surface area contributed by atoms with Crippen molar-refractivity contribution in [2.45, 2.75) is 6.92 Å². The van der Waals surface area contributed by atoms with E-state index in [-0.39, 0.29) is 0 Å². The first-order valence-electron chi connectivity index (χ1n) is 4.99. The molecule has 0 aliphatic carbocycles. The Morgan fingerprint density at radius 3 is 2.56 bits per heavy atom. The summed E-state index contributed by atoms with van der Waals surface area (Å²) in [5, 5.41) is 11.9. The minimum atomic E-state index is -0.908. The molecule has 0 saturated heterocycles. The summed E-state index contributed by atoms with van der Waals surface area (Å²) in [6, 6.07) is 6.67. The molecule has 16 heavy (non-hydrogen) atoms. The van der Waals surface area contributed by atoms with Gasteiger partial charge in [-0.3, -0.25) is 0 Å². The van der Waals surface area contributed by atoms with Gasteiger partial charge in [0.2, 0.25) is 0 Å². The van der Waals surface area contributed by atoms with E-state index in [1.54, 1.807) is 30.3 Å². The highest BCUT2D eigenvalue weighted by Crippen LogP contribution is 2.10. The van der Waals surface area contributed by atoms with Gasteiger partial charge in [-0.25, -0.2) is 4.79 Å². The number of carboxylic acid groups (broad SMARTS) is 1. The number of nitrogens with one attached hydrogen (secondary N) is 1. The van der Waals surface area contributed by atoms with Crippen LogP contribution in [0.3, 0.4) is 0 Å². The second kappa shape index (κ2) is 5.75. The molecule has 1 aromatic carbocycles. The van der Waals surface area contributed by atoms with Gasteiger partial charge >= 0.3 is 5.97 Å². The Morgan fingerprint density at radius 1 is 1.44 bits per heavy atom. The fourth-order valence-corrected chi connectivity index (χ4v) is 1.23. The predicted octanol–water partition coefficient (Wildman–Crippen LogP) is 2.93. The van der Waals surface area contributed by atoms with Crippen molar-refractivity contribution in [3.05, 3.63) is 54.1 Å². The van der Waals surface area contributed by atoms with Crippen molar-refractivity contribution >= 4 is 11.7 Å². The first-order valence-corrected chi connectivity index (χ1v) is 4.99. The zero-order valence-electron chi connectivity index (χ0n) is 9.23. The second-order valence-corrected chi connectivity index (χ2v) is 3.48. The van der Waals surface area contributed by atoms with E-state index in [4.69, 9.17) is 5.11 Å². The zero-order valence-corrected chi connectivity index (χ0v) is 9.23. The minimum absolute atomic E-state index is 0.295. The molecular formula is C13H15NO2. The maximum atomic E-state index is 10.6. The molecule has 0 fully saturated rings. The maximum Gasteiger partial charge on any atom is 0.335 e. The third-order valence-corrected chi connectivity index (χ3v) is 2.11. The van der Waals surface area contributed by atoms with Crippen LogP contribution in [0.1, 0.15) is 17.3 Å². The van der Waals surface area contributed by atoms with Crippen molar-refractivity contribution in [2.75, 3.05) is 11.9 Å². The summed E-state index contributed by atoms with van der Waals surface area (Å²) in [6.45, 7) is 6.34. The summed E-state index contributed by atoms with van der Waals surface area (Å²) in [5.74, 6) is -0.908. The highest BCUT2D eigenvalue weighted by molar-refractivity contribution is 5.87. The van der Waals surface area contributed by atoms with Crippen LogP contribution in [0.2, 0.25) is 0 Å². The topological polar surface area (TPSA) is 49.3 Å². The van der Waals surface area contributed by atoms with Gasteiger partial charge in [-0.05, 0) is 31.2 Å². The van der Waals surface area contributed by atoms with Crippen LogP contribution in [0.25, 0.3) is 0 Å². The molecule has 2 N–H and O–H groups in total. The Morgan fingerprint density at radius 2 is 2.06 bits per heavy atom. The van der Waals surface area contributed by atoms with E-state index in [0.717, 1.165) is 17.8 Å². The molecule has 0 heterocycles. The van der Waals surface area contributed by atoms with Crippen LogP contribution in [0.4, 0.5) is 5.69 Å².